The van der Waals surface area contributed by atoms with Crippen LogP contribution in [0.2, 0.25) is 0 Å². The lowest BCUT2D eigenvalue weighted by Crippen LogP contribution is -2.44. The van der Waals surface area contributed by atoms with E-state index in [1.165, 1.54) is 5.56 Å². The van der Waals surface area contributed by atoms with Gasteiger partial charge in [0.25, 0.3) is 0 Å². The fourth-order valence-corrected chi connectivity index (χ4v) is 5.61. The van der Waals surface area contributed by atoms with E-state index in [1.54, 1.807) is 0 Å². The van der Waals surface area contributed by atoms with Gasteiger partial charge in [-0.15, -0.1) is 0 Å². The molecule has 194 valence electrons. The number of benzene rings is 2. The molecular formula is C30H36N4O3. The molecule has 1 aromatic heterocycles. The van der Waals surface area contributed by atoms with E-state index >= 15 is 0 Å². The summed E-state index contributed by atoms with van der Waals surface area (Å²) in [6.45, 7) is 3.63. The van der Waals surface area contributed by atoms with Gasteiger partial charge in [0.2, 0.25) is 5.91 Å². The molecule has 3 aromatic rings. The van der Waals surface area contributed by atoms with Crippen molar-refractivity contribution in [1.29, 1.82) is 0 Å². The molecule has 5 rings (SSSR count). The second-order valence-electron chi connectivity index (χ2n) is 10.3. The summed E-state index contributed by atoms with van der Waals surface area (Å²) >= 11 is 0. The average molecular weight is 501 g/mol. The van der Waals surface area contributed by atoms with Crippen molar-refractivity contribution in [2.24, 2.45) is 5.92 Å². The van der Waals surface area contributed by atoms with Crippen LogP contribution >= 0.6 is 0 Å². The molecule has 7 heteroatoms. The number of aromatic nitrogens is 1. The predicted octanol–water partition coefficient (Wildman–Crippen LogP) is 4.57. The number of hydrogen-bond donors (Lipinski definition) is 3. The molecule has 3 heterocycles. The van der Waals surface area contributed by atoms with Gasteiger partial charge in [0.1, 0.15) is 5.82 Å². The summed E-state index contributed by atoms with van der Waals surface area (Å²) in [6, 6.07) is 17.7. The standard InChI is InChI=1S/C30H36N4O3/c35-28(36)19-27(24-12-11-21-6-1-2-7-23(21)18-24)33-30(37)25-9-4-16-34(20-25)17-5-10-26-14-13-22-8-3-15-31-29(22)32-26/h1-2,6-7,11-14,18,25,27H,3-5,8-10,15-17,19-20H2,(H,31,32)(H,33,37)(H,35,36). The van der Waals surface area contributed by atoms with Crippen molar-refractivity contribution in [1.82, 2.24) is 15.2 Å². The Morgan fingerprint density at radius 2 is 1.97 bits per heavy atom. The molecule has 0 aliphatic carbocycles. The quantitative estimate of drug-likeness (QED) is 0.399. The number of nitrogens with zero attached hydrogens (tertiary/aromatic N) is 2. The number of piperidine rings is 1. The third-order valence-corrected chi connectivity index (χ3v) is 7.61. The Labute approximate surface area is 218 Å². The van der Waals surface area contributed by atoms with Crippen molar-refractivity contribution in [2.75, 3.05) is 31.5 Å². The Bertz CT molecular complexity index is 1260. The number of carboxylic acids is 1. The molecule has 0 radical (unpaired) electrons. The van der Waals surface area contributed by atoms with Gasteiger partial charge < -0.3 is 20.6 Å². The van der Waals surface area contributed by atoms with Crippen LogP contribution in [0.25, 0.3) is 10.8 Å². The molecule has 0 spiro atoms. The summed E-state index contributed by atoms with van der Waals surface area (Å²) in [7, 11) is 0. The molecule has 0 bridgehead atoms. The number of carbonyl (C=O) groups is 2. The van der Waals surface area contributed by atoms with Gasteiger partial charge in [-0.25, -0.2) is 4.98 Å². The highest BCUT2D eigenvalue weighted by atomic mass is 16.4. The van der Waals surface area contributed by atoms with Gasteiger partial charge in [0.05, 0.1) is 18.4 Å². The Kier molecular flexibility index (Phi) is 7.99. The number of anilines is 1. The maximum Gasteiger partial charge on any atom is 0.305 e. The van der Waals surface area contributed by atoms with Gasteiger partial charge in [-0.1, -0.05) is 42.5 Å². The van der Waals surface area contributed by atoms with Gasteiger partial charge in [-0.2, -0.15) is 0 Å². The first-order valence-electron chi connectivity index (χ1n) is 13.5. The zero-order valence-electron chi connectivity index (χ0n) is 21.3. The predicted molar refractivity (Wildman–Crippen MR) is 146 cm³/mol. The summed E-state index contributed by atoms with van der Waals surface area (Å²) in [6.07, 6.45) is 5.85. The topological polar surface area (TPSA) is 94.6 Å². The number of aryl methyl sites for hydroxylation is 2. The highest BCUT2D eigenvalue weighted by Gasteiger charge is 2.28. The number of carbonyl (C=O) groups excluding carboxylic acids is 1. The van der Waals surface area contributed by atoms with Crippen LogP contribution in [0.4, 0.5) is 5.82 Å². The van der Waals surface area contributed by atoms with Crippen LogP contribution in [0.3, 0.4) is 0 Å². The maximum atomic E-state index is 13.3. The van der Waals surface area contributed by atoms with E-state index in [0.717, 1.165) is 86.0 Å². The zero-order chi connectivity index (χ0) is 25.6. The van der Waals surface area contributed by atoms with Gasteiger partial charge >= 0.3 is 5.97 Å². The van der Waals surface area contributed by atoms with E-state index in [9.17, 15) is 14.7 Å². The lowest BCUT2D eigenvalue weighted by atomic mass is 9.94. The second-order valence-corrected chi connectivity index (χ2v) is 10.3. The fourth-order valence-electron chi connectivity index (χ4n) is 5.61. The van der Waals surface area contributed by atoms with Crippen molar-refractivity contribution in [3.05, 3.63) is 71.4 Å². The van der Waals surface area contributed by atoms with E-state index < -0.39 is 12.0 Å². The fraction of sp³-hybridized carbons (Fsp3) is 0.433. The summed E-state index contributed by atoms with van der Waals surface area (Å²) in [5.41, 5.74) is 3.25. The second kappa shape index (κ2) is 11.7. The minimum absolute atomic E-state index is 0.0495. The normalized spacial score (nSPS) is 18.5. The maximum absolute atomic E-state index is 13.3. The zero-order valence-corrected chi connectivity index (χ0v) is 21.3. The van der Waals surface area contributed by atoms with Crippen LogP contribution in [-0.2, 0) is 22.4 Å². The van der Waals surface area contributed by atoms with Crippen LogP contribution in [0.15, 0.2) is 54.6 Å². The lowest BCUT2D eigenvalue weighted by Gasteiger charge is -2.33. The molecule has 37 heavy (non-hydrogen) atoms. The number of pyridine rings is 1. The average Bonchev–Trinajstić information content (AvgIpc) is 2.92. The summed E-state index contributed by atoms with van der Waals surface area (Å²) < 4.78 is 0. The smallest absolute Gasteiger partial charge is 0.305 e. The third kappa shape index (κ3) is 6.46. The molecule has 2 aliphatic heterocycles. The number of carboxylic acid groups (broad SMARTS) is 1. The van der Waals surface area contributed by atoms with E-state index in [2.05, 4.69) is 27.7 Å². The first-order valence-corrected chi connectivity index (χ1v) is 13.5. The number of aliphatic carboxylic acids is 1. The molecule has 1 saturated heterocycles. The number of rotatable bonds is 9. The van der Waals surface area contributed by atoms with Crippen molar-refractivity contribution >= 4 is 28.5 Å². The first-order chi connectivity index (χ1) is 18.0. The molecule has 7 nitrogen and oxygen atoms in total. The van der Waals surface area contributed by atoms with E-state index in [-0.39, 0.29) is 18.2 Å². The van der Waals surface area contributed by atoms with Crippen molar-refractivity contribution in [3.63, 3.8) is 0 Å². The number of nitrogens with one attached hydrogen (secondary N) is 2. The summed E-state index contributed by atoms with van der Waals surface area (Å²) in [5, 5.41) is 18.1. The van der Waals surface area contributed by atoms with Crippen molar-refractivity contribution in [2.45, 2.75) is 51.0 Å². The lowest BCUT2D eigenvalue weighted by molar-refractivity contribution is -0.138. The van der Waals surface area contributed by atoms with Crippen molar-refractivity contribution in [3.8, 4) is 0 Å². The van der Waals surface area contributed by atoms with Gasteiger partial charge in [0, 0.05) is 18.8 Å². The van der Waals surface area contributed by atoms with Crippen LogP contribution in [0, 0.1) is 5.92 Å². The van der Waals surface area contributed by atoms with Gasteiger partial charge in [-0.05, 0) is 85.6 Å². The van der Waals surface area contributed by atoms with Gasteiger partial charge in [-0.3, -0.25) is 9.59 Å². The molecule has 2 unspecified atom stereocenters. The molecule has 0 saturated carbocycles. The minimum Gasteiger partial charge on any atom is -0.481 e. The molecule has 1 amide bonds. The number of fused-ring (bicyclic) bond motifs is 2. The minimum atomic E-state index is -0.922. The Balaban J connectivity index is 1.16. The van der Waals surface area contributed by atoms with Crippen LogP contribution in [0.1, 0.15) is 55.0 Å². The van der Waals surface area contributed by atoms with Crippen LogP contribution < -0.4 is 10.6 Å². The van der Waals surface area contributed by atoms with E-state index in [0.29, 0.717) is 6.54 Å². The molecule has 3 N–H and O–H groups in total. The number of amides is 1. The number of hydrogen-bond acceptors (Lipinski definition) is 5. The Morgan fingerprint density at radius 1 is 1.11 bits per heavy atom. The van der Waals surface area contributed by atoms with Gasteiger partial charge in [0.15, 0.2) is 0 Å². The molecule has 1 fully saturated rings. The molecule has 2 aliphatic rings. The van der Waals surface area contributed by atoms with E-state index in [1.807, 2.05) is 42.5 Å². The van der Waals surface area contributed by atoms with Crippen molar-refractivity contribution < 1.29 is 14.7 Å². The molecule has 2 aromatic carbocycles. The molecule has 2 atom stereocenters. The summed E-state index contributed by atoms with van der Waals surface area (Å²) in [4.78, 5) is 32.0. The van der Waals surface area contributed by atoms with Crippen LogP contribution in [0.5, 0.6) is 0 Å². The molecular weight excluding hydrogens is 464 g/mol. The summed E-state index contributed by atoms with van der Waals surface area (Å²) in [5.74, 6) is -0.0568. The highest BCUT2D eigenvalue weighted by Crippen LogP contribution is 2.25. The first kappa shape index (κ1) is 25.2. The van der Waals surface area contributed by atoms with Crippen LogP contribution in [-0.4, -0.2) is 53.0 Å². The third-order valence-electron chi connectivity index (χ3n) is 7.61. The highest BCUT2D eigenvalue weighted by molar-refractivity contribution is 5.84. The largest absolute Gasteiger partial charge is 0.481 e. The monoisotopic (exact) mass is 500 g/mol. The Morgan fingerprint density at radius 3 is 2.84 bits per heavy atom. The SMILES string of the molecule is O=C(O)CC(NC(=O)C1CCCN(CCCc2ccc3c(n2)NCCC3)C1)c1ccc2ccccc2c1. The van der Waals surface area contributed by atoms with E-state index in [4.69, 9.17) is 4.98 Å². The Hall–Kier alpha value is -3.45. The number of likely N-dealkylation sites (tertiary alicyclic amines) is 1.